The van der Waals surface area contributed by atoms with Gasteiger partial charge < -0.3 is 9.84 Å². The van der Waals surface area contributed by atoms with Gasteiger partial charge in [0.2, 0.25) is 0 Å². The lowest BCUT2D eigenvalue weighted by atomic mass is 9.95. The van der Waals surface area contributed by atoms with Crippen molar-refractivity contribution in [3.63, 3.8) is 0 Å². The standard InChI is InChI=1S/C12H14FNO4/c13-8-4-5-11(14(16)17)12(6-8)18-10-3-1-2-9(15)7-10/h4-6,9-10,15H,1-3,7H2. The monoisotopic (exact) mass is 255 g/mol. The normalized spacial score (nSPS) is 23.7. The van der Waals surface area contributed by atoms with Gasteiger partial charge in [0, 0.05) is 18.6 Å². The SMILES string of the molecule is O=[N+]([O-])c1ccc(F)cc1OC1CCCC(O)C1. The van der Waals surface area contributed by atoms with Gasteiger partial charge in [0.15, 0.2) is 5.75 Å². The van der Waals surface area contributed by atoms with Gasteiger partial charge in [0.1, 0.15) is 11.9 Å². The molecule has 1 aromatic rings. The first-order valence-electron chi connectivity index (χ1n) is 5.85. The summed E-state index contributed by atoms with van der Waals surface area (Å²) in [7, 11) is 0. The number of nitro groups is 1. The zero-order chi connectivity index (χ0) is 13.1. The average molecular weight is 255 g/mol. The van der Waals surface area contributed by atoms with Crippen LogP contribution in [0, 0.1) is 15.9 Å². The Morgan fingerprint density at radius 3 is 2.89 bits per heavy atom. The van der Waals surface area contributed by atoms with Gasteiger partial charge in [-0.25, -0.2) is 4.39 Å². The number of aliphatic hydroxyl groups is 1. The lowest BCUT2D eigenvalue weighted by molar-refractivity contribution is -0.386. The fourth-order valence-corrected chi connectivity index (χ4v) is 2.14. The van der Waals surface area contributed by atoms with E-state index >= 15 is 0 Å². The second-order valence-corrected chi connectivity index (χ2v) is 4.43. The number of ether oxygens (including phenoxy) is 1. The minimum absolute atomic E-state index is 0.0703. The van der Waals surface area contributed by atoms with E-state index in [9.17, 15) is 19.6 Å². The Balaban J connectivity index is 2.16. The number of hydrogen-bond acceptors (Lipinski definition) is 4. The summed E-state index contributed by atoms with van der Waals surface area (Å²) in [6.07, 6.45) is 1.91. The maximum Gasteiger partial charge on any atom is 0.311 e. The highest BCUT2D eigenvalue weighted by molar-refractivity contribution is 5.46. The van der Waals surface area contributed by atoms with E-state index in [4.69, 9.17) is 4.74 Å². The van der Waals surface area contributed by atoms with Crippen LogP contribution in [-0.4, -0.2) is 22.2 Å². The molecule has 1 aromatic carbocycles. The molecule has 0 bridgehead atoms. The van der Waals surface area contributed by atoms with Crippen LogP contribution in [-0.2, 0) is 0 Å². The molecule has 2 unspecified atom stereocenters. The van der Waals surface area contributed by atoms with Crippen molar-refractivity contribution < 1.29 is 19.2 Å². The second kappa shape index (κ2) is 5.30. The minimum atomic E-state index is -0.603. The summed E-state index contributed by atoms with van der Waals surface area (Å²) in [6.45, 7) is 0. The predicted octanol–water partition coefficient (Wildman–Crippen LogP) is 2.42. The molecule has 1 aliphatic rings. The molecule has 6 heteroatoms. The van der Waals surface area contributed by atoms with Gasteiger partial charge in [-0.05, 0) is 25.3 Å². The number of nitro benzene ring substituents is 1. The van der Waals surface area contributed by atoms with Crippen LogP contribution in [0.1, 0.15) is 25.7 Å². The van der Waals surface area contributed by atoms with E-state index < -0.39 is 16.8 Å². The minimum Gasteiger partial charge on any atom is -0.483 e. The third kappa shape index (κ3) is 2.95. The van der Waals surface area contributed by atoms with Crippen molar-refractivity contribution in [1.82, 2.24) is 0 Å². The molecule has 0 amide bonds. The fourth-order valence-electron chi connectivity index (χ4n) is 2.14. The Morgan fingerprint density at radius 1 is 1.44 bits per heavy atom. The first kappa shape index (κ1) is 12.8. The summed E-state index contributed by atoms with van der Waals surface area (Å²) < 4.78 is 18.5. The number of aliphatic hydroxyl groups excluding tert-OH is 1. The molecule has 1 N–H and O–H groups in total. The molecular weight excluding hydrogens is 241 g/mol. The zero-order valence-electron chi connectivity index (χ0n) is 9.71. The van der Waals surface area contributed by atoms with Gasteiger partial charge in [0.05, 0.1) is 11.0 Å². The van der Waals surface area contributed by atoms with Gasteiger partial charge in [-0.3, -0.25) is 10.1 Å². The molecule has 1 fully saturated rings. The summed E-state index contributed by atoms with van der Waals surface area (Å²) in [5, 5.41) is 20.3. The lowest BCUT2D eigenvalue weighted by Crippen LogP contribution is -2.28. The van der Waals surface area contributed by atoms with Gasteiger partial charge in [-0.2, -0.15) is 0 Å². The van der Waals surface area contributed by atoms with Crippen molar-refractivity contribution >= 4 is 5.69 Å². The highest BCUT2D eigenvalue weighted by atomic mass is 19.1. The largest absolute Gasteiger partial charge is 0.483 e. The molecule has 5 nitrogen and oxygen atoms in total. The predicted molar refractivity (Wildman–Crippen MR) is 61.9 cm³/mol. The van der Waals surface area contributed by atoms with Gasteiger partial charge in [0.25, 0.3) is 0 Å². The molecule has 1 aliphatic carbocycles. The molecule has 0 radical (unpaired) electrons. The summed E-state index contributed by atoms with van der Waals surface area (Å²) in [6, 6.07) is 3.13. The van der Waals surface area contributed by atoms with E-state index in [0.717, 1.165) is 24.6 Å². The quantitative estimate of drug-likeness (QED) is 0.665. The van der Waals surface area contributed by atoms with E-state index in [1.54, 1.807) is 0 Å². The van der Waals surface area contributed by atoms with E-state index in [0.29, 0.717) is 19.3 Å². The Hall–Kier alpha value is -1.69. The lowest BCUT2D eigenvalue weighted by Gasteiger charge is -2.26. The van der Waals surface area contributed by atoms with Crippen molar-refractivity contribution in [1.29, 1.82) is 0 Å². The summed E-state index contributed by atoms with van der Waals surface area (Å²) in [5.74, 6) is -0.647. The van der Waals surface area contributed by atoms with Gasteiger partial charge >= 0.3 is 5.69 Å². The molecule has 0 spiro atoms. The maximum atomic E-state index is 13.1. The molecular formula is C12H14FNO4. The topological polar surface area (TPSA) is 72.6 Å². The Bertz CT molecular complexity index is 452. The van der Waals surface area contributed by atoms with Crippen LogP contribution in [0.4, 0.5) is 10.1 Å². The third-order valence-electron chi connectivity index (χ3n) is 3.01. The molecule has 0 saturated heterocycles. The molecule has 98 valence electrons. The number of hydrogen-bond donors (Lipinski definition) is 1. The van der Waals surface area contributed by atoms with Gasteiger partial charge in [-0.15, -0.1) is 0 Å². The number of nitrogens with zero attached hydrogens (tertiary/aromatic N) is 1. The van der Waals surface area contributed by atoms with Crippen molar-refractivity contribution in [2.75, 3.05) is 0 Å². The Morgan fingerprint density at radius 2 is 2.22 bits per heavy atom. The van der Waals surface area contributed by atoms with Crippen LogP contribution in [0.15, 0.2) is 18.2 Å². The molecule has 2 atom stereocenters. The number of halogens is 1. The number of rotatable bonds is 3. The summed E-state index contributed by atoms with van der Waals surface area (Å²) in [5.41, 5.74) is -0.253. The van der Waals surface area contributed by atoms with Crippen LogP contribution in [0.2, 0.25) is 0 Å². The van der Waals surface area contributed by atoms with Crippen molar-refractivity contribution in [2.45, 2.75) is 37.9 Å². The van der Waals surface area contributed by atoms with Crippen molar-refractivity contribution in [3.8, 4) is 5.75 Å². The smallest absolute Gasteiger partial charge is 0.311 e. The fraction of sp³-hybridized carbons (Fsp3) is 0.500. The van der Waals surface area contributed by atoms with Crippen molar-refractivity contribution in [3.05, 3.63) is 34.1 Å². The highest BCUT2D eigenvalue weighted by Crippen LogP contribution is 2.31. The molecule has 0 heterocycles. The van der Waals surface area contributed by atoms with E-state index in [2.05, 4.69) is 0 Å². The molecule has 1 saturated carbocycles. The van der Waals surface area contributed by atoms with Gasteiger partial charge in [-0.1, -0.05) is 0 Å². The van der Waals surface area contributed by atoms with Crippen LogP contribution < -0.4 is 4.74 Å². The highest BCUT2D eigenvalue weighted by Gasteiger charge is 2.25. The molecule has 0 aromatic heterocycles. The zero-order valence-corrected chi connectivity index (χ0v) is 9.71. The first-order valence-corrected chi connectivity index (χ1v) is 5.85. The van der Waals surface area contributed by atoms with Crippen LogP contribution in [0.5, 0.6) is 5.75 Å². The molecule has 18 heavy (non-hydrogen) atoms. The van der Waals surface area contributed by atoms with Crippen LogP contribution in [0.3, 0.4) is 0 Å². The summed E-state index contributed by atoms with van der Waals surface area (Å²) in [4.78, 5) is 10.2. The molecule has 0 aliphatic heterocycles. The Kier molecular flexibility index (Phi) is 3.76. The Labute approximate surface area is 103 Å². The van der Waals surface area contributed by atoms with E-state index in [-0.39, 0.29) is 17.5 Å². The third-order valence-corrected chi connectivity index (χ3v) is 3.01. The first-order chi connectivity index (χ1) is 8.56. The summed E-state index contributed by atoms with van der Waals surface area (Å²) >= 11 is 0. The van der Waals surface area contributed by atoms with Crippen LogP contribution >= 0.6 is 0 Å². The van der Waals surface area contributed by atoms with E-state index in [1.165, 1.54) is 0 Å². The van der Waals surface area contributed by atoms with Crippen LogP contribution in [0.25, 0.3) is 0 Å². The van der Waals surface area contributed by atoms with E-state index in [1.807, 2.05) is 0 Å². The molecule has 2 rings (SSSR count). The number of benzene rings is 1. The second-order valence-electron chi connectivity index (χ2n) is 4.43. The van der Waals surface area contributed by atoms with Crippen molar-refractivity contribution in [2.24, 2.45) is 0 Å². The average Bonchev–Trinajstić information content (AvgIpc) is 2.28. The maximum absolute atomic E-state index is 13.1.